The second-order valence-corrected chi connectivity index (χ2v) is 8.82. The van der Waals surface area contributed by atoms with Crippen LogP contribution in [0, 0.1) is 0 Å². The van der Waals surface area contributed by atoms with Crippen LogP contribution in [0.4, 0.5) is 10.5 Å². The topological polar surface area (TPSA) is 84.5 Å². The van der Waals surface area contributed by atoms with E-state index in [9.17, 15) is 13.2 Å². The highest BCUT2D eigenvalue weighted by Gasteiger charge is 2.10. The molecule has 8 heteroatoms. The van der Waals surface area contributed by atoms with E-state index in [0.717, 1.165) is 12.8 Å². The van der Waals surface area contributed by atoms with Crippen LogP contribution in [0.1, 0.15) is 58.3 Å². The summed E-state index contributed by atoms with van der Waals surface area (Å²) in [4.78, 5) is 11.6. The summed E-state index contributed by atoms with van der Waals surface area (Å²) >= 11 is 5.76. The van der Waals surface area contributed by atoms with Crippen LogP contribution in [0.25, 0.3) is 0 Å². The Balaban J connectivity index is 2.06. The zero-order valence-electron chi connectivity index (χ0n) is 16.0. The van der Waals surface area contributed by atoms with Crippen LogP contribution >= 0.6 is 11.6 Å². The van der Waals surface area contributed by atoms with Gasteiger partial charge in [-0.25, -0.2) is 17.9 Å². The van der Waals surface area contributed by atoms with Crippen molar-refractivity contribution in [2.75, 3.05) is 24.2 Å². The molecule has 1 amide bonds. The maximum Gasteiger partial charge on any atom is 0.411 e. The molecule has 0 aliphatic rings. The Kier molecular flexibility index (Phi) is 12.1. The van der Waals surface area contributed by atoms with Gasteiger partial charge in [0.25, 0.3) is 0 Å². The Labute approximate surface area is 168 Å². The number of nitrogens with one attached hydrogen (secondary N) is 2. The van der Waals surface area contributed by atoms with Crippen LogP contribution in [0.15, 0.2) is 24.3 Å². The summed E-state index contributed by atoms with van der Waals surface area (Å²) in [6.07, 6.45) is 8.19. The number of unbranched alkanes of at least 4 members (excludes halogenated alkanes) is 7. The largest absolute Gasteiger partial charge is 0.448 e. The first kappa shape index (κ1) is 23.7. The normalized spacial score (nSPS) is 11.3. The van der Waals surface area contributed by atoms with Crippen LogP contribution in [0.3, 0.4) is 0 Å². The van der Waals surface area contributed by atoms with Gasteiger partial charge in [0.15, 0.2) is 0 Å². The molecule has 0 spiro atoms. The molecular formula is C19H31ClN2O4S. The Hall–Kier alpha value is -1.31. The van der Waals surface area contributed by atoms with Gasteiger partial charge >= 0.3 is 6.09 Å². The third-order valence-corrected chi connectivity index (χ3v) is 5.74. The number of sulfonamides is 1. The average molecular weight is 419 g/mol. The summed E-state index contributed by atoms with van der Waals surface area (Å²) in [7, 11) is -3.32. The molecule has 0 aliphatic carbocycles. The zero-order chi connectivity index (χ0) is 20.0. The molecule has 1 aromatic carbocycles. The van der Waals surface area contributed by atoms with Crippen molar-refractivity contribution in [2.24, 2.45) is 0 Å². The number of anilines is 1. The third kappa shape index (κ3) is 12.7. The highest BCUT2D eigenvalue weighted by molar-refractivity contribution is 7.89. The number of ether oxygens (including phenoxy) is 1. The average Bonchev–Trinajstić information content (AvgIpc) is 2.63. The van der Waals surface area contributed by atoms with Gasteiger partial charge in [0, 0.05) is 17.3 Å². The molecule has 0 bridgehead atoms. The number of rotatable bonds is 14. The van der Waals surface area contributed by atoms with Gasteiger partial charge < -0.3 is 4.74 Å². The van der Waals surface area contributed by atoms with E-state index < -0.39 is 16.1 Å². The highest BCUT2D eigenvalue weighted by Crippen LogP contribution is 2.13. The lowest BCUT2D eigenvalue weighted by molar-refractivity contribution is 0.164. The minimum absolute atomic E-state index is 0.0317. The smallest absolute Gasteiger partial charge is 0.411 e. The van der Waals surface area contributed by atoms with Gasteiger partial charge in [0.05, 0.1) is 5.75 Å². The van der Waals surface area contributed by atoms with Gasteiger partial charge in [0.1, 0.15) is 6.61 Å². The number of hydrogen-bond acceptors (Lipinski definition) is 4. The van der Waals surface area contributed by atoms with Crippen molar-refractivity contribution in [1.29, 1.82) is 0 Å². The van der Waals surface area contributed by atoms with Gasteiger partial charge in [-0.3, -0.25) is 5.32 Å². The fourth-order valence-electron chi connectivity index (χ4n) is 2.53. The molecule has 0 saturated carbocycles. The van der Waals surface area contributed by atoms with Crippen molar-refractivity contribution in [3.8, 4) is 0 Å². The fourth-order valence-corrected chi connectivity index (χ4v) is 3.78. The highest BCUT2D eigenvalue weighted by atomic mass is 35.5. The molecular weight excluding hydrogens is 388 g/mol. The minimum Gasteiger partial charge on any atom is -0.448 e. The molecule has 0 aromatic heterocycles. The quantitative estimate of drug-likeness (QED) is 0.418. The van der Waals surface area contributed by atoms with E-state index in [1.165, 1.54) is 32.1 Å². The maximum absolute atomic E-state index is 11.9. The van der Waals surface area contributed by atoms with E-state index in [1.54, 1.807) is 24.3 Å². The molecule has 0 fully saturated rings. The molecule has 2 N–H and O–H groups in total. The van der Waals surface area contributed by atoms with Crippen LogP contribution in [0.2, 0.25) is 5.02 Å². The van der Waals surface area contributed by atoms with Crippen LogP contribution in [-0.4, -0.2) is 33.4 Å². The lowest BCUT2D eigenvalue weighted by Gasteiger charge is -2.09. The van der Waals surface area contributed by atoms with E-state index in [-0.39, 0.29) is 18.9 Å². The first-order valence-corrected chi connectivity index (χ1v) is 11.6. The van der Waals surface area contributed by atoms with Crippen LogP contribution in [0.5, 0.6) is 0 Å². The summed E-state index contributed by atoms with van der Waals surface area (Å²) in [5.41, 5.74) is 0.555. The summed E-state index contributed by atoms with van der Waals surface area (Å²) in [5, 5.41) is 3.11. The Morgan fingerprint density at radius 3 is 2.22 bits per heavy atom. The Morgan fingerprint density at radius 2 is 1.59 bits per heavy atom. The molecule has 0 radical (unpaired) electrons. The maximum atomic E-state index is 11.9. The first-order chi connectivity index (χ1) is 12.9. The van der Waals surface area contributed by atoms with E-state index in [2.05, 4.69) is 17.0 Å². The number of benzene rings is 1. The van der Waals surface area contributed by atoms with E-state index in [4.69, 9.17) is 16.3 Å². The second-order valence-electron chi connectivity index (χ2n) is 6.46. The van der Waals surface area contributed by atoms with Crippen LogP contribution in [-0.2, 0) is 14.8 Å². The standard InChI is InChI=1S/C19H31ClN2O4S/c1-2-3-4-5-6-7-8-9-16-27(24,25)21-14-15-26-19(23)22-18-12-10-17(20)11-13-18/h10-13,21H,2-9,14-16H2,1H3,(H,22,23). The zero-order valence-corrected chi connectivity index (χ0v) is 17.6. The summed E-state index contributed by atoms with van der Waals surface area (Å²) in [6.45, 7) is 2.22. The summed E-state index contributed by atoms with van der Waals surface area (Å²) in [6, 6.07) is 6.60. The van der Waals surface area contributed by atoms with Crippen LogP contribution < -0.4 is 10.0 Å². The van der Waals surface area contributed by atoms with Crippen molar-refractivity contribution in [2.45, 2.75) is 58.3 Å². The molecule has 0 heterocycles. The predicted molar refractivity (Wildman–Crippen MR) is 111 cm³/mol. The van der Waals surface area contributed by atoms with Crippen molar-refractivity contribution >= 4 is 33.4 Å². The molecule has 1 rings (SSSR count). The SMILES string of the molecule is CCCCCCCCCCS(=O)(=O)NCCOC(=O)Nc1ccc(Cl)cc1. The Bertz CT molecular complexity index is 636. The molecule has 0 atom stereocenters. The van der Waals surface area contributed by atoms with Gasteiger partial charge in [-0.2, -0.15) is 0 Å². The summed E-state index contributed by atoms with van der Waals surface area (Å²) in [5.74, 6) is 0.110. The number of carbonyl (C=O) groups is 1. The molecule has 1 aromatic rings. The fraction of sp³-hybridized carbons (Fsp3) is 0.632. The molecule has 0 unspecified atom stereocenters. The van der Waals surface area contributed by atoms with Gasteiger partial charge in [-0.1, -0.05) is 63.5 Å². The molecule has 0 saturated heterocycles. The van der Waals surface area contributed by atoms with E-state index in [0.29, 0.717) is 17.1 Å². The number of halogens is 1. The predicted octanol–water partition coefficient (Wildman–Crippen LogP) is 4.95. The minimum atomic E-state index is -3.32. The van der Waals surface area contributed by atoms with E-state index >= 15 is 0 Å². The van der Waals surface area contributed by atoms with E-state index in [1.807, 2.05) is 0 Å². The summed E-state index contributed by atoms with van der Waals surface area (Å²) < 4.78 is 31.2. The molecule has 0 aliphatic heterocycles. The number of carbonyl (C=O) groups excluding carboxylic acids is 1. The van der Waals surface area contributed by atoms with Crippen molar-refractivity contribution < 1.29 is 17.9 Å². The number of hydrogen-bond donors (Lipinski definition) is 2. The number of amides is 1. The van der Waals surface area contributed by atoms with Crippen molar-refractivity contribution in [3.05, 3.63) is 29.3 Å². The lowest BCUT2D eigenvalue weighted by Crippen LogP contribution is -2.30. The molecule has 154 valence electrons. The van der Waals surface area contributed by atoms with Crippen molar-refractivity contribution in [3.63, 3.8) is 0 Å². The second kappa shape index (κ2) is 13.8. The first-order valence-electron chi connectivity index (χ1n) is 9.59. The third-order valence-electron chi connectivity index (χ3n) is 4.01. The molecule has 6 nitrogen and oxygen atoms in total. The van der Waals surface area contributed by atoms with Gasteiger partial charge in [-0.15, -0.1) is 0 Å². The van der Waals surface area contributed by atoms with Gasteiger partial charge in [-0.05, 0) is 30.7 Å². The van der Waals surface area contributed by atoms with Gasteiger partial charge in [0.2, 0.25) is 10.0 Å². The van der Waals surface area contributed by atoms with Crippen molar-refractivity contribution in [1.82, 2.24) is 4.72 Å². The monoisotopic (exact) mass is 418 g/mol. The lowest BCUT2D eigenvalue weighted by atomic mass is 10.1. The Morgan fingerprint density at radius 1 is 1.00 bits per heavy atom. The molecule has 27 heavy (non-hydrogen) atoms.